The van der Waals surface area contributed by atoms with Crippen molar-refractivity contribution < 1.29 is 0 Å². The van der Waals surface area contributed by atoms with Crippen LogP contribution in [-0.4, -0.2) is 54.5 Å². The summed E-state index contributed by atoms with van der Waals surface area (Å²) in [6.45, 7) is 5.84. The summed E-state index contributed by atoms with van der Waals surface area (Å²) < 4.78 is 0. The highest BCUT2D eigenvalue weighted by atomic mass is 32.2. The summed E-state index contributed by atoms with van der Waals surface area (Å²) >= 11 is 1.91. The zero-order valence-electron chi connectivity index (χ0n) is 15.7. The lowest BCUT2D eigenvalue weighted by Crippen LogP contribution is -2.47. The van der Waals surface area contributed by atoms with E-state index < -0.39 is 0 Å². The number of aliphatic imine (C=N–C) groups is 1. The molecule has 2 aliphatic carbocycles. The second-order valence-electron chi connectivity index (χ2n) is 8.39. The summed E-state index contributed by atoms with van der Waals surface area (Å²) in [6.07, 6.45) is 12.9. The van der Waals surface area contributed by atoms with E-state index in [9.17, 15) is 0 Å². The molecule has 2 fully saturated rings. The molecule has 4 nitrogen and oxygen atoms in total. The SMILES string of the molecule is N#CC=C1CC=C2N=CC=C(N3CCN(CC4CC4)CC3)C3=CSCC23C1. The predicted octanol–water partition coefficient (Wildman–Crippen LogP) is 3.73. The molecule has 0 N–H and O–H groups in total. The third-order valence-corrected chi connectivity index (χ3v) is 7.60. The normalized spacial score (nSPS) is 32.2. The number of hydrogen-bond acceptors (Lipinski definition) is 5. The number of nitrogens with zero attached hydrogens (tertiary/aromatic N) is 4. The van der Waals surface area contributed by atoms with Crippen molar-refractivity contribution in [1.82, 2.24) is 9.80 Å². The maximum Gasteiger partial charge on any atom is 0.0911 e. The fourth-order valence-corrected chi connectivity index (χ4v) is 6.15. The molecule has 5 rings (SSSR count). The predicted molar refractivity (Wildman–Crippen MR) is 111 cm³/mol. The van der Waals surface area contributed by atoms with Crippen LogP contribution in [0.25, 0.3) is 0 Å². The average Bonchev–Trinajstić information content (AvgIpc) is 3.44. The second kappa shape index (κ2) is 7.00. The Hall–Kier alpha value is -1.77. The number of rotatable bonds is 3. The first-order valence-electron chi connectivity index (χ1n) is 10.1. The fourth-order valence-electron chi connectivity index (χ4n) is 4.86. The molecule has 1 saturated carbocycles. The highest BCUT2D eigenvalue weighted by Crippen LogP contribution is 2.56. The number of thioether (sulfide) groups is 1. The molecule has 5 heteroatoms. The van der Waals surface area contributed by atoms with Gasteiger partial charge in [0, 0.05) is 62.2 Å². The van der Waals surface area contributed by atoms with E-state index in [1.54, 1.807) is 6.08 Å². The van der Waals surface area contributed by atoms with Crippen LogP contribution in [-0.2, 0) is 0 Å². The zero-order chi connectivity index (χ0) is 18.3. The molecular formula is C22H26N4S. The van der Waals surface area contributed by atoms with E-state index in [1.165, 1.54) is 55.0 Å². The van der Waals surface area contributed by atoms with Crippen molar-refractivity contribution in [3.63, 3.8) is 0 Å². The number of allylic oxidation sites excluding steroid dienone is 6. The number of nitriles is 1. The van der Waals surface area contributed by atoms with E-state index >= 15 is 0 Å². The molecule has 5 aliphatic rings. The minimum Gasteiger partial charge on any atom is -0.369 e. The van der Waals surface area contributed by atoms with Gasteiger partial charge in [-0.2, -0.15) is 5.26 Å². The summed E-state index contributed by atoms with van der Waals surface area (Å²) in [5.74, 6) is 2.01. The van der Waals surface area contributed by atoms with Crippen molar-refractivity contribution >= 4 is 18.0 Å². The molecule has 0 aromatic carbocycles. The van der Waals surface area contributed by atoms with E-state index in [0.717, 1.165) is 37.6 Å². The third-order valence-electron chi connectivity index (χ3n) is 6.54. The van der Waals surface area contributed by atoms with Gasteiger partial charge in [0.05, 0.1) is 11.5 Å². The summed E-state index contributed by atoms with van der Waals surface area (Å²) in [6, 6.07) is 2.24. The maximum atomic E-state index is 9.13. The van der Waals surface area contributed by atoms with Gasteiger partial charge in [-0.3, -0.25) is 9.89 Å². The van der Waals surface area contributed by atoms with Gasteiger partial charge in [-0.05, 0) is 48.7 Å². The molecule has 0 radical (unpaired) electrons. The van der Waals surface area contributed by atoms with Gasteiger partial charge in [0.25, 0.3) is 0 Å². The van der Waals surface area contributed by atoms with Crippen molar-refractivity contribution in [3.8, 4) is 6.07 Å². The van der Waals surface area contributed by atoms with Gasteiger partial charge in [-0.1, -0.05) is 11.6 Å². The van der Waals surface area contributed by atoms with Crippen molar-refractivity contribution in [2.45, 2.75) is 25.7 Å². The van der Waals surface area contributed by atoms with E-state index in [4.69, 9.17) is 10.3 Å². The maximum absolute atomic E-state index is 9.13. The lowest BCUT2D eigenvalue weighted by molar-refractivity contribution is 0.154. The van der Waals surface area contributed by atoms with Crippen molar-refractivity contribution in [3.05, 3.63) is 46.2 Å². The first-order valence-corrected chi connectivity index (χ1v) is 11.2. The molecule has 0 aromatic heterocycles. The second-order valence-corrected chi connectivity index (χ2v) is 9.25. The molecule has 27 heavy (non-hydrogen) atoms. The summed E-state index contributed by atoms with van der Waals surface area (Å²) in [7, 11) is 0. The molecule has 0 bridgehead atoms. The lowest BCUT2D eigenvalue weighted by Gasteiger charge is -2.42. The van der Waals surface area contributed by atoms with Crippen molar-refractivity contribution in [2.75, 3.05) is 38.5 Å². The Morgan fingerprint density at radius 1 is 1.30 bits per heavy atom. The molecule has 0 aromatic rings. The fraction of sp³-hybridized carbons (Fsp3) is 0.545. The van der Waals surface area contributed by atoms with E-state index in [2.05, 4.69) is 33.4 Å². The van der Waals surface area contributed by atoms with Gasteiger partial charge < -0.3 is 4.90 Å². The standard InChI is InChI=1S/C22H26N4S/c23-7-5-17-3-4-21-22(13-17)16-27-15-19(22)20(6-8-24-21)26-11-9-25(10-12-26)14-18-1-2-18/h4-6,8,15,18H,1-3,9-14,16H2. The molecular weight excluding hydrogens is 352 g/mol. The van der Waals surface area contributed by atoms with Crippen LogP contribution in [0.5, 0.6) is 0 Å². The topological polar surface area (TPSA) is 42.6 Å². The van der Waals surface area contributed by atoms with Gasteiger partial charge >= 0.3 is 0 Å². The molecule has 0 amide bonds. The molecule has 140 valence electrons. The van der Waals surface area contributed by atoms with Gasteiger partial charge in [-0.15, -0.1) is 11.8 Å². The lowest BCUT2D eigenvalue weighted by atomic mass is 9.70. The highest BCUT2D eigenvalue weighted by molar-refractivity contribution is 8.02. The summed E-state index contributed by atoms with van der Waals surface area (Å²) in [4.78, 5) is 10.1. The van der Waals surface area contributed by atoms with Crippen LogP contribution in [0.2, 0.25) is 0 Å². The Kier molecular flexibility index (Phi) is 4.49. The molecule has 1 saturated heterocycles. The van der Waals surface area contributed by atoms with Crippen LogP contribution in [0, 0.1) is 22.7 Å². The van der Waals surface area contributed by atoms with Gasteiger partial charge in [0.1, 0.15) is 0 Å². The van der Waals surface area contributed by atoms with Gasteiger partial charge in [-0.25, -0.2) is 0 Å². The van der Waals surface area contributed by atoms with Crippen molar-refractivity contribution in [2.24, 2.45) is 16.3 Å². The highest BCUT2D eigenvalue weighted by Gasteiger charge is 2.46. The Balaban J connectivity index is 1.39. The van der Waals surface area contributed by atoms with Crippen LogP contribution in [0.3, 0.4) is 0 Å². The van der Waals surface area contributed by atoms with Crippen LogP contribution in [0.4, 0.5) is 0 Å². The Labute approximate surface area is 166 Å². The molecule has 3 heterocycles. The van der Waals surface area contributed by atoms with Crippen LogP contribution in [0.1, 0.15) is 25.7 Å². The molecule has 1 atom stereocenters. The van der Waals surface area contributed by atoms with Crippen LogP contribution < -0.4 is 0 Å². The molecule has 1 spiro atoms. The van der Waals surface area contributed by atoms with Crippen molar-refractivity contribution in [1.29, 1.82) is 5.26 Å². The summed E-state index contributed by atoms with van der Waals surface area (Å²) in [5, 5.41) is 11.5. The number of hydrogen-bond donors (Lipinski definition) is 0. The van der Waals surface area contributed by atoms with E-state index in [-0.39, 0.29) is 5.41 Å². The minimum atomic E-state index is -0.0461. The Morgan fingerprint density at radius 2 is 2.15 bits per heavy atom. The Bertz CT molecular complexity index is 816. The van der Waals surface area contributed by atoms with Gasteiger partial charge in [0.2, 0.25) is 0 Å². The first kappa shape index (κ1) is 17.3. The largest absolute Gasteiger partial charge is 0.369 e. The van der Waals surface area contributed by atoms with E-state index in [0.29, 0.717) is 0 Å². The smallest absolute Gasteiger partial charge is 0.0911 e. The van der Waals surface area contributed by atoms with Gasteiger partial charge in [0.15, 0.2) is 0 Å². The summed E-state index contributed by atoms with van der Waals surface area (Å²) in [5.41, 5.74) is 5.18. The van der Waals surface area contributed by atoms with Crippen LogP contribution in [0.15, 0.2) is 51.2 Å². The molecule has 3 aliphatic heterocycles. The monoisotopic (exact) mass is 378 g/mol. The van der Waals surface area contributed by atoms with Crippen LogP contribution >= 0.6 is 11.8 Å². The minimum absolute atomic E-state index is 0.0461. The Morgan fingerprint density at radius 3 is 2.93 bits per heavy atom. The third kappa shape index (κ3) is 3.19. The van der Waals surface area contributed by atoms with E-state index in [1.807, 2.05) is 18.0 Å². The zero-order valence-corrected chi connectivity index (χ0v) is 16.5. The quantitative estimate of drug-likeness (QED) is 0.702. The number of piperazine rings is 1. The average molecular weight is 379 g/mol. The first-order chi connectivity index (χ1) is 13.3. The molecule has 1 unspecified atom stereocenters.